The van der Waals surface area contributed by atoms with Crippen LogP contribution in [0.1, 0.15) is 5.01 Å². The van der Waals surface area contributed by atoms with Crippen molar-refractivity contribution in [2.45, 2.75) is 6.42 Å². The first-order valence-corrected chi connectivity index (χ1v) is 5.80. The van der Waals surface area contributed by atoms with Crippen LogP contribution in [-0.2, 0) is 6.42 Å². The monoisotopic (exact) mass is 279 g/mol. The number of thiazole rings is 1. The molecule has 0 unspecified atom stereocenters. The number of nitrogens with one attached hydrogen (secondary N) is 2. The summed E-state index contributed by atoms with van der Waals surface area (Å²) in [6, 6.07) is 0. The minimum Gasteiger partial charge on any atom is -0.366 e. The summed E-state index contributed by atoms with van der Waals surface area (Å²) in [5.41, 5.74) is 0. The number of hydrogen-bond acceptors (Lipinski definition) is 3. The Bertz CT molecular complexity index is 287. The molecule has 0 amide bonds. The smallest absolute Gasteiger partial charge is 0.166 e. The number of nitrogens with zero attached hydrogens (tertiary/aromatic N) is 1. The van der Waals surface area contributed by atoms with E-state index in [1.807, 2.05) is 6.20 Å². The van der Waals surface area contributed by atoms with Crippen molar-refractivity contribution in [3.05, 3.63) is 15.0 Å². The molecular formula is C7H10BrN3S2. The molecule has 1 aromatic rings. The topological polar surface area (TPSA) is 37.0 Å². The lowest BCUT2D eigenvalue weighted by Gasteiger charge is -2.04. The average Bonchev–Trinajstić information content (AvgIpc) is 2.51. The lowest BCUT2D eigenvalue weighted by atomic mass is 10.4. The van der Waals surface area contributed by atoms with E-state index in [1.165, 1.54) is 0 Å². The third-order valence-electron chi connectivity index (χ3n) is 1.38. The molecule has 6 heteroatoms. The quantitative estimate of drug-likeness (QED) is 0.824. The third-order valence-corrected chi connectivity index (χ3v) is 3.26. The maximum Gasteiger partial charge on any atom is 0.166 e. The Morgan fingerprint density at radius 1 is 1.77 bits per heavy atom. The van der Waals surface area contributed by atoms with Gasteiger partial charge in [-0.3, -0.25) is 0 Å². The molecule has 72 valence electrons. The molecule has 3 nitrogen and oxygen atoms in total. The molecule has 13 heavy (non-hydrogen) atoms. The Kier molecular flexibility index (Phi) is 4.61. The van der Waals surface area contributed by atoms with E-state index < -0.39 is 0 Å². The van der Waals surface area contributed by atoms with Crippen molar-refractivity contribution in [1.82, 2.24) is 15.6 Å². The van der Waals surface area contributed by atoms with Crippen molar-refractivity contribution in [3.8, 4) is 0 Å². The molecule has 0 aromatic carbocycles. The summed E-state index contributed by atoms with van der Waals surface area (Å²) >= 11 is 9.94. The zero-order valence-corrected chi connectivity index (χ0v) is 10.4. The normalized spacial score (nSPS) is 9.69. The van der Waals surface area contributed by atoms with Crippen molar-refractivity contribution in [3.63, 3.8) is 0 Å². The van der Waals surface area contributed by atoms with Crippen molar-refractivity contribution in [1.29, 1.82) is 0 Å². The Morgan fingerprint density at radius 2 is 2.54 bits per heavy atom. The van der Waals surface area contributed by atoms with Crippen LogP contribution in [0, 0.1) is 0 Å². The van der Waals surface area contributed by atoms with Gasteiger partial charge in [-0.2, -0.15) is 0 Å². The minimum atomic E-state index is 0.677. The molecule has 0 atom stereocenters. The minimum absolute atomic E-state index is 0.677. The molecule has 1 aromatic heterocycles. The van der Waals surface area contributed by atoms with Crippen LogP contribution in [0.4, 0.5) is 0 Å². The standard InChI is InChI=1S/C7H10BrN3S2/c1-9-7(12)10-3-2-6-11-4-5(8)13-6/h4H,2-3H2,1H3,(H2,9,10,12). The molecule has 0 saturated heterocycles. The first-order valence-electron chi connectivity index (χ1n) is 3.78. The summed E-state index contributed by atoms with van der Waals surface area (Å²) in [5.74, 6) is 0. The molecule has 1 rings (SSSR count). The molecule has 0 saturated carbocycles. The first kappa shape index (κ1) is 10.9. The van der Waals surface area contributed by atoms with Gasteiger partial charge in [-0.1, -0.05) is 0 Å². The molecule has 0 spiro atoms. The summed E-state index contributed by atoms with van der Waals surface area (Å²) < 4.78 is 1.07. The van der Waals surface area contributed by atoms with Crippen LogP contribution >= 0.6 is 39.5 Å². The van der Waals surface area contributed by atoms with E-state index in [0.29, 0.717) is 5.11 Å². The maximum atomic E-state index is 4.93. The largest absolute Gasteiger partial charge is 0.366 e. The highest BCUT2D eigenvalue weighted by Gasteiger charge is 1.99. The fraction of sp³-hybridized carbons (Fsp3) is 0.429. The predicted molar refractivity (Wildman–Crippen MR) is 63.2 cm³/mol. The average molecular weight is 280 g/mol. The summed E-state index contributed by atoms with van der Waals surface area (Å²) in [6.07, 6.45) is 2.72. The number of thiocarbonyl (C=S) groups is 1. The second-order valence-electron chi connectivity index (χ2n) is 2.31. The molecular weight excluding hydrogens is 270 g/mol. The zero-order valence-electron chi connectivity index (χ0n) is 7.13. The van der Waals surface area contributed by atoms with Crippen molar-refractivity contribution < 1.29 is 0 Å². The fourth-order valence-corrected chi connectivity index (χ4v) is 2.18. The van der Waals surface area contributed by atoms with Crippen LogP contribution in [0.15, 0.2) is 9.98 Å². The molecule has 1 heterocycles. The molecule has 0 bridgehead atoms. The van der Waals surface area contributed by atoms with Gasteiger partial charge in [0.2, 0.25) is 0 Å². The van der Waals surface area contributed by atoms with Gasteiger partial charge in [0.25, 0.3) is 0 Å². The van der Waals surface area contributed by atoms with Gasteiger partial charge in [-0.15, -0.1) is 11.3 Å². The predicted octanol–water partition coefficient (Wildman–Crippen LogP) is 1.54. The first-order chi connectivity index (χ1) is 6.22. The van der Waals surface area contributed by atoms with Crippen molar-refractivity contribution >= 4 is 44.6 Å². The maximum absolute atomic E-state index is 4.93. The van der Waals surface area contributed by atoms with Crippen LogP contribution in [-0.4, -0.2) is 23.7 Å². The van der Waals surface area contributed by atoms with Crippen LogP contribution in [0.25, 0.3) is 0 Å². The molecule has 0 aliphatic heterocycles. The van der Waals surface area contributed by atoms with Gasteiger partial charge < -0.3 is 10.6 Å². The number of rotatable bonds is 3. The molecule has 0 radical (unpaired) electrons. The van der Waals surface area contributed by atoms with Crippen molar-refractivity contribution in [2.75, 3.05) is 13.6 Å². The van der Waals surface area contributed by atoms with Crippen LogP contribution in [0.3, 0.4) is 0 Å². The fourth-order valence-electron chi connectivity index (χ4n) is 0.775. The van der Waals surface area contributed by atoms with Gasteiger partial charge in [-0.05, 0) is 28.1 Å². The second-order valence-corrected chi connectivity index (χ2v) is 5.22. The third kappa shape index (κ3) is 4.02. The van der Waals surface area contributed by atoms with E-state index in [2.05, 4.69) is 31.5 Å². The van der Waals surface area contributed by atoms with Gasteiger partial charge in [0.1, 0.15) is 0 Å². The van der Waals surface area contributed by atoms with Crippen LogP contribution < -0.4 is 10.6 Å². The number of aromatic nitrogens is 1. The van der Waals surface area contributed by atoms with E-state index in [1.54, 1.807) is 18.4 Å². The van der Waals surface area contributed by atoms with E-state index in [-0.39, 0.29) is 0 Å². The lowest BCUT2D eigenvalue weighted by molar-refractivity contribution is 0.845. The van der Waals surface area contributed by atoms with E-state index >= 15 is 0 Å². The van der Waals surface area contributed by atoms with Gasteiger partial charge in [0.15, 0.2) is 5.11 Å². The Labute approximate surface area is 95.1 Å². The van der Waals surface area contributed by atoms with Gasteiger partial charge in [0.05, 0.1) is 15.0 Å². The number of halogens is 1. The van der Waals surface area contributed by atoms with Gasteiger partial charge in [0, 0.05) is 20.0 Å². The Hall–Kier alpha value is -0.200. The van der Waals surface area contributed by atoms with E-state index in [0.717, 1.165) is 21.8 Å². The van der Waals surface area contributed by atoms with E-state index in [9.17, 15) is 0 Å². The highest BCUT2D eigenvalue weighted by atomic mass is 79.9. The highest BCUT2D eigenvalue weighted by Crippen LogP contribution is 2.18. The van der Waals surface area contributed by atoms with Crippen LogP contribution in [0.5, 0.6) is 0 Å². The molecule has 2 N–H and O–H groups in total. The lowest BCUT2D eigenvalue weighted by Crippen LogP contribution is -2.33. The zero-order chi connectivity index (χ0) is 9.68. The molecule has 0 aliphatic rings. The van der Waals surface area contributed by atoms with Gasteiger partial charge >= 0.3 is 0 Å². The number of hydrogen-bond donors (Lipinski definition) is 2. The summed E-state index contributed by atoms with van der Waals surface area (Å²) in [6.45, 7) is 0.819. The van der Waals surface area contributed by atoms with Crippen LogP contribution in [0.2, 0.25) is 0 Å². The Morgan fingerprint density at radius 3 is 3.08 bits per heavy atom. The van der Waals surface area contributed by atoms with Gasteiger partial charge in [-0.25, -0.2) is 4.98 Å². The summed E-state index contributed by atoms with van der Waals surface area (Å²) in [5, 5.41) is 7.70. The molecule has 0 fully saturated rings. The highest BCUT2D eigenvalue weighted by molar-refractivity contribution is 9.11. The van der Waals surface area contributed by atoms with Crippen molar-refractivity contribution in [2.24, 2.45) is 0 Å². The second kappa shape index (κ2) is 5.51. The van der Waals surface area contributed by atoms with E-state index in [4.69, 9.17) is 12.2 Å². The Balaban J connectivity index is 2.24. The molecule has 0 aliphatic carbocycles. The summed E-state index contributed by atoms with van der Waals surface area (Å²) in [7, 11) is 1.80. The summed E-state index contributed by atoms with van der Waals surface area (Å²) in [4.78, 5) is 4.21. The SMILES string of the molecule is CNC(=S)NCCc1ncc(Br)s1.